The van der Waals surface area contributed by atoms with E-state index >= 15 is 0 Å². The SMILES string of the molecule is CCC(c1nc2ccccc2c(=O)n1CC)N(CCc1ccccn1)C(=O)c1ccccc1F. The zero-order valence-electron chi connectivity index (χ0n) is 19.3. The highest BCUT2D eigenvalue weighted by molar-refractivity contribution is 5.94. The average molecular weight is 459 g/mol. The summed E-state index contributed by atoms with van der Waals surface area (Å²) in [7, 11) is 0. The molecule has 7 heteroatoms. The van der Waals surface area contributed by atoms with Gasteiger partial charge in [-0.25, -0.2) is 9.37 Å². The molecule has 1 atom stereocenters. The van der Waals surface area contributed by atoms with Gasteiger partial charge < -0.3 is 4.90 Å². The lowest BCUT2D eigenvalue weighted by Gasteiger charge is -2.32. The summed E-state index contributed by atoms with van der Waals surface area (Å²) in [6, 6.07) is 18.3. The second-order valence-electron chi connectivity index (χ2n) is 8.01. The molecular formula is C27H27FN4O2. The molecule has 34 heavy (non-hydrogen) atoms. The highest BCUT2D eigenvalue weighted by Gasteiger charge is 2.30. The smallest absolute Gasteiger partial charge is 0.261 e. The number of hydrogen-bond donors (Lipinski definition) is 0. The third-order valence-electron chi connectivity index (χ3n) is 5.97. The van der Waals surface area contributed by atoms with E-state index in [2.05, 4.69) is 4.98 Å². The first kappa shape index (κ1) is 23.3. The molecule has 0 saturated heterocycles. The van der Waals surface area contributed by atoms with Crippen molar-refractivity contribution in [2.24, 2.45) is 0 Å². The number of amides is 1. The van der Waals surface area contributed by atoms with Crippen LogP contribution < -0.4 is 5.56 Å². The molecule has 6 nitrogen and oxygen atoms in total. The summed E-state index contributed by atoms with van der Waals surface area (Å²) in [4.78, 5) is 37.7. The van der Waals surface area contributed by atoms with Crippen molar-refractivity contribution >= 4 is 16.8 Å². The number of nitrogens with zero attached hydrogens (tertiary/aromatic N) is 4. The average Bonchev–Trinajstić information content (AvgIpc) is 2.87. The van der Waals surface area contributed by atoms with Crippen LogP contribution in [-0.2, 0) is 13.0 Å². The molecule has 2 heterocycles. The van der Waals surface area contributed by atoms with E-state index in [0.717, 1.165) is 5.69 Å². The lowest BCUT2D eigenvalue weighted by molar-refractivity contribution is 0.0654. The van der Waals surface area contributed by atoms with Crippen LogP contribution in [0.2, 0.25) is 0 Å². The Kier molecular flexibility index (Phi) is 7.11. The summed E-state index contributed by atoms with van der Waals surface area (Å²) in [5.41, 5.74) is 1.24. The first-order valence-electron chi connectivity index (χ1n) is 11.5. The molecular weight excluding hydrogens is 431 g/mol. The Morgan fingerprint density at radius 3 is 2.47 bits per heavy atom. The van der Waals surface area contributed by atoms with Crippen molar-refractivity contribution in [1.29, 1.82) is 0 Å². The minimum Gasteiger partial charge on any atom is -0.328 e. The van der Waals surface area contributed by atoms with E-state index in [9.17, 15) is 14.0 Å². The van der Waals surface area contributed by atoms with Crippen molar-refractivity contribution < 1.29 is 9.18 Å². The summed E-state index contributed by atoms with van der Waals surface area (Å²) < 4.78 is 16.2. The van der Waals surface area contributed by atoms with Crippen molar-refractivity contribution in [2.45, 2.75) is 39.3 Å². The molecule has 174 valence electrons. The van der Waals surface area contributed by atoms with Gasteiger partial charge >= 0.3 is 0 Å². The second kappa shape index (κ2) is 10.4. The molecule has 0 aliphatic rings. The molecule has 2 aromatic heterocycles. The van der Waals surface area contributed by atoms with E-state index in [-0.39, 0.29) is 11.1 Å². The van der Waals surface area contributed by atoms with Gasteiger partial charge in [0.05, 0.1) is 22.5 Å². The van der Waals surface area contributed by atoms with Gasteiger partial charge in [-0.1, -0.05) is 37.3 Å². The summed E-state index contributed by atoms with van der Waals surface area (Å²) in [6.45, 7) is 4.53. The first-order chi connectivity index (χ1) is 16.5. The number of rotatable bonds is 8. The van der Waals surface area contributed by atoms with Gasteiger partial charge in [0.2, 0.25) is 0 Å². The van der Waals surface area contributed by atoms with Crippen LogP contribution in [0.15, 0.2) is 77.7 Å². The number of pyridine rings is 1. The van der Waals surface area contributed by atoms with E-state index < -0.39 is 17.8 Å². The van der Waals surface area contributed by atoms with Gasteiger partial charge in [-0.3, -0.25) is 19.1 Å². The largest absolute Gasteiger partial charge is 0.328 e. The van der Waals surface area contributed by atoms with Crippen LogP contribution in [0.25, 0.3) is 10.9 Å². The highest BCUT2D eigenvalue weighted by Crippen LogP contribution is 2.26. The third-order valence-corrected chi connectivity index (χ3v) is 5.97. The zero-order chi connectivity index (χ0) is 24.1. The van der Waals surface area contributed by atoms with Crippen molar-refractivity contribution in [2.75, 3.05) is 6.54 Å². The van der Waals surface area contributed by atoms with E-state index in [1.807, 2.05) is 44.2 Å². The van der Waals surface area contributed by atoms with Gasteiger partial charge in [0.25, 0.3) is 11.5 Å². The lowest BCUT2D eigenvalue weighted by Crippen LogP contribution is -2.40. The predicted molar refractivity (Wildman–Crippen MR) is 130 cm³/mol. The third kappa shape index (κ3) is 4.59. The van der Waals surface area contributed by atoms with Crippen molar-refractivity contribution in [3.05, 3.63) is 106 Å². The van der Waals surface area contributed by atoms with Gasteiger partial charge in [0, 0.05) is 31.4 Å². The summed E-state index contributed by atoms with van der Waals surface area (Å²) >= 11 is 0. The Morgan fingerprint density at radius 1 is 1.03 bits per heavy atom. The van der Waals surface area contributed by atoms with Gasteiger partial charge in [0.15, 0.2) is 0 Å². The number of carbonyl (C=O) groups is 1. The number of hydrogen-bond acceptors (Lipinski definition) is 4. The molecule has 4 aromatic rings. The first-order valence-corrected chi connectivity index (χ1v) is 11.5. The summed E-state index contributed by atoms with van der Waals surface area (Å²) in [5, 5.41) is 0.531. The molecule has 0 spiro atoms. The number of para-hydroxylation sites is 1. The fraction of sp³-hybridized carbons (Fsp3) is 0.259. The molecule has 2 aromatic carbocycles. The number of benzene rings is 2. The molecule has 0 aliphatic carbocycles. The quantitative estimate of drug-likeness (QED) is 0.381. The van der Waals surface area contributed by atoms with Crippen LogP contribution in [0, 0.1) is 5.82 Å². The van der Waals surface area contributed by atoms with E-state index in [1.165, 1.54) is 12.1 Å². The van der Waals surface area contributed by atoms with Gasteiger partial charge in [-0.15, -0.1) is 0 Å². The van der Waals surface area contributed by atoms with Crippen LogP contribution in [-0.4, -0.2) is 31.9 Å². The lowest BCUT2D eigenvalue weighted by atomic mass is 10.1. The maximum absolute atomic E-state index is 14.6. The van der Waals surface area contributed by atoms with Gasteiger partial charge in [-0.2, -0.15) is 0 Å². The Balaban J connectivity index is 1.82. The topological polar surface area (TPSA) is 68.1 Å². The number of fused-ring (bicyclic) bond motifs is 1. The minimum absolute atomic E-state index is 0.00634. The Hall–Kier alpha value is -3.87. The van der Waals surface area contributed by atoms with Gasteiger partial charge in [0.1, 0.15) is 11.6 Å². The van der Waals surface area contributed by atoms with Crippen LogP contribution in [0.4, 0.5) is 4.39 Å². The molecule has 0 aliphatic heterocycles. The summed E-state index contributed by atoms with van der Waals surface area (Å²) in [5.74, 6) is -0.519. The molecule has 0 saturated carbocycles. The van der Waals surface area contributed by atoms with E-state index in [0.29, 0.717) is 42.7 Å². The molecule has 0 N–H and O–H groups in total. The maximum Gasteiger partial charge on any atom is 0.261 e. The number of aromatic nitrogens is 3. The maximum atomic E-state index is 14.6. The molecule has 0 bridgehead atoms. The number of halogens is 1. The number of carbonyl (C=O) groups excluding carboxylic acids is 1. The highest BCUT2D eigenvalue weighted by atomic mass is 19.1. The monoisotopic (exact) mass is 458 g/mol. The molecule has 1 amide bonds. The van der Waals surface area contributed by atoms with Crippen LogP contribution in [0.1, 0.15) is 48.2 Å². The van der Waals surface area contributed by atoms with Crippen LogP contribution >= 0.6 is 0 Å². The minimum atomic E-state index is -0.579. The van der Waals surface area contributed by atoms with E-state index in [4.69, 9.17) is 4.98 Å². The van der Waals surface area contributed by atoms with Crippen LogP contribution in [0.3, 0.4) is 0 Å². The molecule has 1 unspecified atom stereocenters. The molecule has 0 fully saturated rings. The van der Waals surface area contributed by atoms with Crippen molar-refractivity contribution in [3.8, 4) is 0 Å². The predicted octanol–water partition coefficient (Wildman–Crippen LogP) is 4.79. The van der Waals surface area contributed by atoms with E-state index in [1.54, 1.807) is 39.9 Å². The van der Waals surface area contributed by atoms with Crippen LogP contribution in [0.5, 0.6) is 0 Å². The second-order valence-corrected chi connectivity index (χ2v) is 8.01. The molecule has 0 radical (unpaired) electrons. The van der Waals surface area contributed by atoms with Gasteiger partial charge in [-0.05, 0) is 49.7 Å². The Labute approximate surface area is 197 Å². The fourth-order valence-electron chi connectivity index (χ4n) is 4.26. The van der Waals surface area contributed by atoms with Crippen molar-refractivity contribution in [3.63, 3.8) is 0 Å². The Bertz CT molecular complexity index is 1350. The fourth-order valence-corrected chi connectivity index (χ4v) is 4.26. The van der Waals surface area contributed by atoms with Crippen molar-refractivity contribution in [1.82, 2.24) is 19.4 Å². The summed E-state index contributed by atoms with van der Waals surface area (Å²) in [6.07, 6.45) is 2.70. The zero-order valence-corrected chi connectivity index (χ0v) is 19.3. The normalized spacial score (nSPS) is 12.0. The molecule has 4 rings (SSSR count). The standard InChI is InChI=1S/C27H27FN4O2/c1-3-24(25-30-23-15-8-6-13-21(23)27(34)31(25)4-2)32(18-16-19-11-9-10-17-29-19)26(33)20-12-5-7-14-22(20)28/h5-15,17,24H,3-4,16,18H2,1-2H3. The Morgan fingerprint density at radius 2 is 1.76 bits per heavy atom.